The molecule has 2 heterocycles. The van der Waals surface area contributed by atoms with Gasteiger partial charge in [0.1, 0.15) is 5.82 Å². The predicted octanol–water partition coefficient (Wildman–Crippen LogP) is 3.83. The smallest absolute Gasteiger partial charge is 0.244 e. The van der Waals surface area contributed by atoms with E-state index in [4.69, 9.17) is 11.6 Å². The molecule has 0 aliphatic heterocycles. The van der Waals surface area contributed by atoms with Crippen LogP contribution in [0.3, 0.4) is 0 Å². The molecule has 0 aliphatic rings. The van der Waals surface area contributed by atoms with Crippen molar-refractivity contribution in [3.63, 3.8) is 0 Å². The fourth-order valence-corrected chi connectivity index (χ4v) is 3.08. The molecule has 1 amide bonds. The van der Waals surface area contributed by atoms with E-state index in [1.165, 1.54) is 23.5 Å². The number of thiazole rings is 1. The van der Waals surface area contributed by atoms with Gasteiger partial charge in [-0.1, -0.05) is 23.7 Å². The molecule has 0 saturated heterocycles. The highest BCUT2D eigenvalue weighted by molar-refractivity contribution is 7.15. The zero-order valence-electron chi connectivity index (χ0n) is 12.2. The number of hydrogen-bond acceptors (Lipinski definition) is 3. The molecule has 118 valence electrons. The van der Waals surface area contributed by atoms with Crippen molar-refractivity contribution in [3.8, 4) is 0 Å². The first-order valence-electron chi connectivity index (χ1n) is 6.86. The summed E-state index contributed by atoms with van der Waals surface area (Å²) in [4.78, 5) is 16.8. The minimum absolute atomic E-state index is 0.258. The Hall–Kier alpha value is -2.18. The number of hydrogen-bond donors (Lipinski definition) is 1. The second kappa shape index (κ2) is 6.52. The Morgan fingerprint density at radius 1 is 1.52 bits per heavy atom. The first-order chi connectivity index (χ1) is 11.0. The van der Waals surface area contributed by atoms with Crippen molar-refractivity contribution in [3.05, 3.63) is 63.6 Å². The van der Waals surface area contributed by atoms with E-state index in [1.54, 1.807) is 25.1 Å². The molecule has 0 fully saturated rings. The minimum atomic E-state index is -0.285. The zero-order chi connectivity index (χ0) is 16.4. The number of benzene rings is 1. The van der Waals surface area contributed by atoms with Crippen molar-refractivity contribution >= 4 is 39.9 Å². The van der Waals surface area contributed by atoms with Gasteiger partial charge in [0.15, 0.2) is 10.1 Å². The summed E-state index contributed by atoms with van der Waals surface area (Å²) in [7, 11) is 0. The lowest BCUT2D eigenvalue weighted by atomic mass is 10.1. The topological polar surface area (TPSA) is 46.4 Å². The van der Waals surface area contributed by atoms with Gasteiger partial charge in [-0.25, -0.2) is 9.37 Å². The lowest BCUT2D eigenvalue weighted by Gasteiger charge is -2.04. The molecule has 0 saturated carbocycles. The van der Waals surface area contributed by atoms with Crippen molar-refractivity contribution in [2.45, 2.75) is 13.5 Å². The van der Waals surface area contributed by atoms with E-state index in [-0.39, 0.29) is 18.3 Å². The van der Waals surface area contributed by atoms with E-state index < -0.39 is 0 Å². The number of aromatic nitrogens is 2. The van der Waals surface area contributed by atoms with Crippen LogP contribution in [0.1, 0.15) is 16.8 Å². The van der Waals surface area contributed by atoms with Crippen LogP contribution in [0.15, 0.2) is 35.9 Å². The van der Waals surface area contributed by atoms with Gasteiger partial charge in [0.05, 0.1) is 5.69 Å². The lowest BCUT2D eigenvalue weighted by Crippen LogP contribution is -2.20. The number of halogens is 2. The van der Waals surface area contributed by atoms with Crippen LogP contribution in [0.25, 0.3) is 11.0 Å². The molecule has 23 heavy (non-hydrogen) atoms. The quantitative estimate of drug-likeness (QED) is 0.728. The summed E-state index contributed by atoms with van der Waals surface area (Å²) in [6, 6.07) is 4.89. The summed E-state index contributed by atoms with van der Waals surface area (Å²) in [5.41, 5.74) is 1.94. The fourth-order valence-electron chi connectivity index (χ4n) is 2.08. The highest BCUT2D eigenvalue weighted by Gasteiger charge is 2.08. The van der Waals surface area contributed by atoms with Gasteiger partial charge in [0.25, 0.3) is 0 Å². The Morgan fingerprint density at radius 2 is 2.35 bits per heavy atom. The van der Waals surface area contributed by atoms with Crippen molar-refractivity contribution < 1.29 is 9.18 Å². The van der Waals surface area contributed by atoms with Crippen LogP contribution >= 0.6 is 22.9 Å². The number of nitrogens with one attached hydrogen (secondary N) is 1. The van der Waals surface area contributed by atoms with Crippen LogP contribution in [0, 0.1) is 12.7 Å². The average molecular weight is 350 g/mol. The van der Waals surface area contributed by atoms with Crippen LogP contribution in [-0.2, 0) is 11.3 Å². The van der Waals surface area contributed by atoms with Crippen molar-refractivity contribution in [1.82, 2.24) is 14.7 Å². The van der Waals surface area contributed by atoms with E-state index in [9.17, 15) is 9.18 Å². The maximum atomic E-state index is 13.4. The maximum Gasteiger partial charge on any atom is 0.244 e. The van der Waals surface area contributed by atoms with Gasteiger partial charge in [-0.15, -0.1) is 11.3 Å². The molecule has 3 rings (SSSR count). The van der Waals surface area contributed by atoms with E-state index in [0.717, 1.165) is 4.96 Å². The number of amides is 1. The molecule has 1 aromatic carbocycles. The maximum absolute atomic E-state index is 13.4. The highest BCUT2D eigenvalue weighted by atomic mass is 35.5. The molecule has 2 aromatic heterocycles. The normalized spacial score (nSPS) is 11.4. The number of fused-ring (bicyclic) bond motifs is 1. The zero-order valence-corrected chi connectivity index (χ0v) is 13.8. The van der Waals surface area contributed by atoms with Gasteiger partial charge in [0.2, 0.25) is 5.91 Å². The molecule has 0 radical (unpaired) electrons. The first kappa shape index (κ1) is 15.7. The predicted molar refractivity (Wildman–Crippen MR) is 90.1 cm³/mol. The minimum Gasteiger partial charge on any atom is -0.348 e. The highest BCUT2D eigenvalue weighted by Crippen LogP contribution is 2.22. The number of carbonyl (C=O) groups is 1. The molecule has 0 atom stereocenters. The molecule has 0 bridgehead atoms. The molecule has 0 aliphatic carbocycles. The van der Waals surface area contributed by atoms with Crippen LogP contribution in [-0.4, -0.2) is 15.3 Å². The molecule has 3 aromatic rings. The third-order valence-electron chi connectivity index (χ3n) is 3.35. The van der Waals surface area contributed by atoms with Crippen molar-refractivity contribution in [1.29, 1.82) is 0 Å². The summed E-state index contributed by atoms with van der Waals surface area (Å²) >= 11 is 7.51. The van der Waals surface area contributed by atoms with Gasteiger partial charge in [-0.05, 0) is 30.2 Å². The second-order valence-electron chi connectivity index (χ2n) is 4.98. The SMILES string of the molecule is Cc1ccc(CNC(=O)/C=C/c2c(Cl)nc3sccn23)cc1F. The summed E-state index contributed by atoms with van der Waals surface area (Å²) in [5.74, 6) is -0.564. The third kappa shape index (κ3) is 3.43. The standard InChI is InChI=1S/C16H13ClFN3OS/c1-10-2-3-11(8-12(10)18)9-19-14(22)5-4-13-15(17)20-16-21(13)6-7-23-16/h2-8H,9H2,1H3,(H,19,22)/b5-4+. The summed E-state index contributed by atoms with van der Waals surface area (Å²) in [5, 5.41) is 4.95. The van der Waals surface area contributed by atoms with E-state index in [1.807, 2.05) is 16.0 Å². The number of imidazole rings is 1. The van der Waals surface area contributed by atoms with Gasteiger partial charge in [0, 0.05) is 24.2 Å². The largest absolute Gasteiger partial charge is 0.348 e. The van der Waals surface area contributed by atoms with Crippen LogP contribution in [0.2, 0.25) is 5.15 Å². The lowest BCUT2D eigenvalue weighted by molar-refractivity contribution is -0.116. The number of nitrogens with zero attached hydrogens (tertiary/aromatic N) is 2. The Morgan fingerprint density at radius 3 is 3.13 bits per heavy atom. The molecular formula is C16H13ClFN3OS. The first-order valence-corrected chi connectivity index (χ1v) is 8.12. The number of carbonyl (C=O) groups excluding carboxylic acids is 1. The molecule has 4 nitrogen and oxygen atoms in total. The van der Waals surface area contributed by atoms with E-state index in [2.05, 4.69) is 10.3 Å². The fraction of sp³-hybridized carbons (Fsp3) is 0.125. The Bertz CT molecular complexity index is 900. The van der Waals surface area contributed by atoms with E-state index >= 15 is 0 Å². The summed E-state index contributed by atoms with van der Waals surface area (Å²) in [6.07, 6.45) is 4.84. The summed E-state index contributed by atoms with van der Waals surface area (Å²) in [6.45, 7) is 1.95. The second-order valence-corrected chi connectivity index (χ2v) is 6.21. The van der Waals surface area contributed by atoms with E-state index in [0.29, 0.717) is 22.0 Å². The summed E-state index contributed by atoms with van der Waals surface area (Å²) < 4.78 is 15.3. The number of rotatable bonds is 4. The molecule has 0 unspecified atom stereocenters. The third-order valence-corrected chi connectivity index (χ3v) is 4.38. The molecule has 7 heteroatoms. The Labute approximate surface area is 141 Å². The van der Waals surface area contributed by atoms with Crippen LogP contribution < -0.4 is 5.32 Å². The monoisotopic (exact) mass is 349 g/mol. The number of aryl methyl sites for hydroxylation is 1. The van der Waals surface area contributed by atoms with Gasteiger partial charge in [-0.3, -0.25) is 9.20 Å². The Balaban J connectivity index is 1.66. The van der Waals surface area contributed by atoms with Crippen LogP contribution in [0.4, 0.5) is 4.39 Å². The molecule has 1 N–H and O–H groups in total. The van der Waals surface area contributed by atoms with Gasteiger partial charge >= 0.3 is 0 Å². The average Bonchev–Trinajstić information content (AvgIpc) is 3.07. The van der Waals surface area contributed by atoms with Crippen LogP contribution in [0.5, 0.6) is 0 Å². The van der Waals surface area contributed by atoms with Gasteiger partial charge < -0.3 is 5.32 Å². The molecule has 0 spiro atoms. The van der Waals surface area contributed by atoms with Crippen molar-refractivity contribution in [2.24, 2.45) is 0 Å². The Kier molecular flexibility index (Phi) is 4.45. The molecular weight excluding hydrogens is 337 g/mol. The van der Waals surface area contributed by atoms with Crippen molar-refractivity contribution in [2.75, 3.05) is 0 Å². The van der Waals surface area contributed by atoms with Gasteiger partial charge in [-0.2, -0.15) is 0 Å².